The summed E-state index contributed by atoms with van der Waals surface area (Å²) in [6.45, 7) is 0.712. The second-order valence-electron chi connectivity index (χ2n) is 5.28. The van der Waals surface area contributed by atoms with E-state index in [1.54, 1.807) is 21.7 Å². The van der Waals surface area contributed by atoms with E-state index in [1.807, 2.05) is 0 Å². The van der Waals surface area contributed by atoms with E-state index in [0.29, 0.717) is 11.6 Å². The van der Waals surface area contributed by atoms with Gasteiger partial charge in [-0.3, -0.25) is 4.79 Å². The predicted octanol–water partition coefficient (Wildman–Crippen LogP) is 2.17. The molecule has 0 bridgehead atoms. The van der Waals surface area contributed by atoms with Crippen LogP contribution in [-0.4, -0.2) is 49.7 Å². The lowest BCUT2D eigenvalue weighted by molar-refractivity contribution is 0.0698. The van der Waals surface area contributed by atoms with Gasteiger partial charge in [0.1, 0.15) is 0 Å². The van der Waals surface area contributed by atoms with Crippen molar-refractivity contribution >= 4 is 27.3 Å². The number of hydrogen-bond acceptors (Lipinski definition) is 4. The van der Waals surface area contributed by atoms with Gasteiger partial charge < -0.3 is 4.90 Å². The van der Waals surface area contributed by atoms with Crippen molar-refractivity contribution < 1.29 is 22.0 Å². The molecule has 0 unspecified atom stereocenters. The first-order valence-electron chi connectivity index (χ1n) is 7.16. The lowest BCUT2D eigenvalue weighted by Crippen LogP contribution is -2.50. The number of nitrogens with zero attached hydrogens (tertiary/aromatic N) is 2. The smallest absolute Gasteiger partial charge is 0.254 e. The molecule has 1 fully saturated rings. The summed E-state index contributed by atoms with van der Waals surface area (Å²) in [4.78, 5) is 13.5. The maximum Gasteiger partial charge on any atom is 0.254 e. The quantitative estimate of drug-likeness (QED) is 0.830. The van der Waals surface area contributed by atoms with E-state index in [4.69, 9.17) is 0 Å². The zero-order chi connectivity index (χ0) is 17.3. The molecule has 1 aliphatic heterocycles. The molecule has 1 aromatic heterocycles. The third-order valence-electron chi connectivity index (χ3n) is 3.82. The summed E-state index contributed by atoms with van der Waals surface area (Å²) in [7, 11) is -3.91. The van der Waals surface area contributed by atoms with Crippen molar-refractivity contribution in [2.24, 2.45) is 0 Å². The lowest BCUT2D eigenvalue weighted by atomic mass is 10.2. The third kappa shape index (κ3) is 3.19. The van der Waals surface area contributed by atoms with Gasteiger partial charge in [0.2, 0.25) is 10.0 Å². The molecule has 0 spiro atoms. The number of carbonyl (C=O) groups is 1. The molecule has 5 nitrogen and oxygen atoms in total. The number of hydrogen-bond donors (Lipinski definition) is 0. The molecular weight excluding hydrogens is 358 g/mol. The third-order valence-corrected chi connectivity index (χ3v) is 6.40. The maximum absolute atomic E-state index is 13.3. The van der Waals surface area contributed by atoms with Crippen LogP contribution in [0, 0.1) is 11.6 Å². The molecule has 24 heavy (non-hydrogen) atoms. The van der Waals surface area contributed by atoms with E-state index in [1.165, 1.54) is 15.6 Å². The molecular formula is C15H14F2N2O3S2. The molecule has 1 aromatic carbocycles. The minimum Gasteiger partial charge on any atom is -0.336 e. The van der Waals surface area contributed by atoms with Crippen LogP contribution in [0.3, 0.4) is 0 Å². The van der Waals surface area contributed by atoms with Gasteiger partial charge in [-0.1, -0.05) is 0 Å². The number of piperazine rings is 1. The average Bonchev–Trinajstić information content (AvgIpc) is 3.11. The lowest BCUT2D eigenvalue weighted by Gasteiger charge is -2.33. The summed E-state index contributed by atoms with van der Waals surface area (Å²) in [5.41, 5.74) is 0.580. The van der Waals surface area contributed by atoms with Crippen molar-refractivity contribution in [1.82, 2.24) is 9.21 Å². The normalized spacial score (nSPS) is 16.3. The first-order valence-corrected chi connectivity index (χ1v) is 9.54. The summed E-state index contributed by atoms with van der Waals surface area (Å²) >= 11 is 1.42. The molecule has 2 heterocycles. The number of carbonyl (C=O) groups excluding carboxylic acids is 1. The van der Waals surface area contributed by atoms with Crippen LogP contribution in [0.5, 0.6) is 0 Å². The van der Waals surface area contributed by atoms with E-state index >= 15 is 0 Å². The molecule has 0 saturated carbocycles. The molecule has 0 aliphatic carbocycles. The van der Waals surface area contributed by atoms with Crippen LogP contribution in [0.2, 0.25) is 0 Å². The SMILES string of the molecule is O=C(c1ccsc1)N1CCN(S(=O)(=O)c2ccc(F)c(F)c2)CC1. The maximum atomic E-state index is 13.3. The Kier molecular flexibility index (Phi) is 4.66. The van der Waals surface area contributed by atoms with Crippen molar-refractivity contribution in [3.63, 3.8) is 0 Å². The molecule has 1 saturated heterocycles. The number of halogens is 2. The number of thiophene rings is 1. The summed E-state index contributed by atoms with van der Waals surface area (Å²) in [5, 5.41) is 3.55. The molecule has 3 rings (SSSR count). The van der Waals surface area contributed by atoms with Gasteiger partial charge in [0.05, 0.1) is 10.5 Å². The van der Waals surface area contributed by atoms with Crippen LogP contribution in [0.15, 0.2) is 39.9 Å². The van der Waals surface area contributed by atoms with Gasteiger partial charge in [0, 0.05) is 31.6 Å². The number of rotatable bonds is 3. The summed E-state index contributed by atoms with van der Waals surface area (Å²) in [6, 6.07) is 4.22. The topological polar surface area (TPSA) is 57.7 Å². The van der Waals surface area contributed by atoms with Gasteiger partial charge in [-0.15, -0.1) is 0 Å². The van der Waals surface area contributed by atoms with Crippen molar-refractivity contribution in [3.05, 3.63) is 52.2 Å². The fourth-order valence-corrected chi connectivity index (χ4v) is 4.55. The highest BCUT2D eigenvalue weighted by molar-refractivity contribution is 7.89. The van der Waals surface area contributed by atoms with Crippen molar-refractivity contribution in [2.45, 2.75) is 4.90 Å². The summed E-state index contributed by atoms with van der Waals surface area (Å²) in [6.07, 6.45) is 0. The minimum atomic E-state index is -3.91. The zero-order valence-electron chi connectivity index (χ0n) is 12.5. The van der Waals surface area contributed by atoms with E-state index < -0.39 is 21.7 Å². The first kappa shape index (κ1) is 17.0. The Hall–Kier alpha value is -1.84. The molecule has 1 aliphatic rings. The number of benzene rings is 1. The Morgan fingerprint density at radius 3 is 2.33 bits per heavy atom. The van der Waals surface area contributed by atoms with E-state index in [9.17, 15) is 22.0 Å². The second kappa shape index (κ2) is 6.58. The molecule has 0 atom stereocenters. The van der Waals surface area contributed by atoms with Gasteiger partial charge in [-0.05, 0) is 29.6 Å². The highest BCUT2D eigenvalue weighted by Crippen LogP contribution is 2.20. The Labute approximate surface area is 142 Å². The Bertz CT molecular complexity index is 846. The fourth-order valence-electron chi connectivity index (χ4n) is 2.49. The van der Waals surface area contributed by atoms with Crippen molar-refractivity contribution in [3.8, 4) is 0 Å². The Morgan fingerprint density at radius 2 is 1.75 bits per heavy atom. The van der Waals surface area contributed by atoms with Crippen LogP contribution >= 0.6 is 11.3 Å². The summed E-state index contributed by atoms with van der Waals surface area (Å²) in [5.74, 6) is -2.44. The molecule has 0 N–H and O–H groups in total. The monoisotopic (exact) mass is 372 g/mol. The second-order valence-corrected chi connectivity index (χ2v) is 8.00. The zero-order valence-corrected chi connectivity index (χ0v) is 14.1. The first-order chi connectivity index (χ1) is 11.4. The largest absolute Gasteiger partial charge is 0.336 e. The van der Waals surface area contributed by atoms with E-state index in [0.717, 1.165) is 12.1 Å². The standard InChI is InChI=1S/C15H14F2N2O3S2/c16-13-2-1-12(9-14(13)17)24(21,22)19-6-4-18(5-7-19)15(20)11-3-8-23-10-11/h1-3,8-10H,4-7H2. The van der Waals surface area contributed by atoms with Gasteiger partial charge in [0.25, 0.3) is 5.91 Å². The molecule has 1 amide bonds. The van der Waals surface area contributed by atoms with Crippen LogP contribution in [-0.2, 0) is 10.0 Å². The van der Waals surface area contributed by atoms with Crippen LogP contribution in [0.25, 0.3) is 0 Å². The predicted molar refractivity (Wildman–Crippen MR) is 85.3 cm³/mol. The average molecular weight is 372 g/mol. The molecule has 128 valence electrons. The fraction of sp³-hybridized carbons (Fsp3) is 0.267. The molecule has 2 aromatic rings. The Morgan fingerprint density at radius 1 is 1.04 bits per heavy atom. The van der Waals surface area contributed by atoms with Gasteiger partial charge in [-0.25, -0.2) is 17.2 Å². The van der Waals surface area contributed by atoms with Crippen LogP contribution < -0.4 is 0 Å². The van der Waals surface area contributed by atoms with E-state index in [2.05, 4.69) is 0 Å². The molecule has 0 radical (unpaired) electrons. The summed E-state index contributed by atoms with van der Waals surface area (Å²) < 4.78 is 52.4. The van der Waals surface area contributed by atoms with Crippen molar-refractivity contribution in [2.75, 3.05) is 26.2 Å². The van der Waals surface area contributed by atoms with Gasteiger partial charge in [0.15, 0.2) is 11.6 Å². The number of amides is 1. The van der Waals surface area contributed by atoms with E-state index in [-0.39, 0.29) is 37.0 Å². The Balaban J connectivity index is 1.71. The van der Waals surface area contributed by atoms with Gasteiger partial charge >= 0.3 is 0 Å². The highest BCUT2D eigenvalue weighted by Gasteiger charge is 2.31. The van der Waals surface area contributed by atoms with Crippen LogP contribution in [0.1, 0.15) is 10.4 Å². The van der Waals surface area contributed by atoms with Gasteiger partial charge in [-0.2, -0.15) is 15.6 Å². The highest BCUT2D eigenvalue weighted by atomic mass is 32.2. The van der Waals surface area contributed by atoms with Crippen molar-refractivity contribution in [1.29, 1.82) is 0 Å². The minimum absolute atomic E-state index is 0.108. The molecule has 9 heteroatoms. The van der Waals surface area contributed by atoms with Crippen LogP contribution in [0.4, 0.5) is 8.78 Å². The number of sulfonamides is 1.